The Bertz CT molecular complexity index is 422. The van der Waals surface area contributed by atoms with Crippen LogP contribution in [-0.4, -0.2) is 16.0 Å². The molecule has 1 heterocycles. The molecule has 0 spiro atoms. The molecule has 4 nitrogen and oxygen atoms in total. The lowest BCUT2D eigenvalue weighted by molar-refractivity contribution is -0.123. The highest BCUT2D eigenvalue weighted by Gasteiger charge is 2.24. The van der Waals surface area contributed by atoms with Gasteiger partial charge in [-0.3, -0.25) is 4.79 Å². The first-order chi connectivity index (χ1) is 8.23. The molecule has 0 saturated carbocycles. The zero-order valence-electron chi connectivity index (χ0n) is 11.7. The monoisotopic (exact) mass is 250 g/mol. The molecule has 1 amide bonds. The van der Waals surface area contributed by atoms with Crippen molar-refractivity contribution in [2.24, 2.45) is 11.3 Å². The topological polar surface area (TPSA) is 62.2 Å². The second-order valence-electron chi connectivity index (χ2n) is 5.83. The first kappa shape index (κ1) is 14.6. The van der Waals surface area contributed by atoms with Gasteiger partial charge in [0.25, 0.3) is 0 Å². The fourth-order valence-corrected chi connectivity index (χ4v) is 1.42. The molecule has 18 heavy (non-hydrogen) atoms. The van der Waals surface area contributed by atoms with Gasteiger partial charge in [-0.15, -0.1) is 0 Å². The van der Waals surface area contributed by atoms with E-state index in [2.05, 4.69) is 10.3 Å². The van der Waals surface area contributed by atoms with Gasteiger partial charge in [-0.05, 0) is 12.0 Å². The third kappa shape index (κ3) is 3.53. The Kier molecular flexibility index (Phi) is 4.46. The van der Waals surface area contributed by atoms with Crippen LogP contribution in [0.5, 0.6) is 0 Å². The van der Waals surface area contributed by atoms with Crippen LogP contribution in [0.25, 0.3) is 0 Å². The molecule has 0 unspecified atom stereocenters. The zero-order valence-corrected chi connectivity index (χ0v) is 11.7. The Morgan fingerprint density at radius 1 is 1.39 bits per heavy atom. The average molecular weight is 250 g/mol. The average Bonchev–Trinajstić information content (AvgIpc) is 2.27. The van der Waals surface area contributed by atoms with Crippen molar-refractivity contribution in [3.05, 3.63) is 23.9 Å². The van der Waals surface area contributed by atoms with E-state index in [-0.39, 0.29) is 11.8 Å². The Morgan fingerprint density at radius 2 is 2.00 bits per heavy atom. The summed E-state index contributed by atoms with van der Waals surface area (Å²) < 4.78 is 0. The van der Waals surface area contributed by atoms with E-state index in [1.807, 2.05) is 34.6 Å². The SMILES string of the molecule is CC(C)[C@@H](O)c1cccnc1NC(=O)C(C)(C)C. The number of nitrogens with one attached hydrogen (secondary N) is 1. The summed E-state index contributed by atoms with van der Waals surface area (Å²) in [6.45, 7) is 9.36. The maximum Gasteiger partial charge on any atom is 0.230 e. The van der Waals surface area contributed by atoms with Gasteiger partial charge in [-0.2, -0.15) is 0 Å². The molecule has 0 aliphatic rings. The predicted molar refractivity (Wildman–Crippen MR) is 72.1 cm³/mol. The lowest BCUT2D eigenvalue weighted by Gasteiger charge is -2.21. The summed E-state index contributed by atoms with van der Waals surface area (Å²) in [5.41, 5.74) is 0.169. The van der Waals surface area contributed by atoms with Crippen LogP contribution in [0.2, 0.25) is 0 Å². The molecule has 0 aliphatic carbocycles. The van der Waals surface area contributed by atoms with Crippen LogP contribution in [0, 0.1) is 11.3 Å². The molecule has 0 aliphatic heterocycles. The largest absolute Gasteiger partial charge is 0.388 e. The van der Waals surface area contributed by atoms with E-state index in [4.69, 9.17) is 0 Å². The highest BCUT2D eigenvalue weighted by molar-refractivity contribution is 5.94. The van der Waals surface area contributed by atoms with Gasteiger partial charge in [-0.25, -0.2) is 4.98 Å². The minimum atomic E-state index is -0.631. The molecule has 1 aromatic heterocycles. The fraction of sp³-hybridized carbons (Fsp3) is 0.571. The van der Waals surface area contributed by atoms with Crippen molar-refractivity contribution >= 4 is 11.7 Å². The first-order valence-electron chi connectivity index (χ1n) is 6.18. The maximum absolute atomic E-state index is 11.9. The van der Waals surface area contributed by atoms with Crippen molar-refractivity contribution in [2.45, 2.75) is 40.7 Å². The molecule has 0 aromatic carbocycles. The molecule has 1 aromatic rings. The van der Waals surface area contributed by atoms with Gasteiger partial charge in [0.1, 0.15) is 5.82 Å². The molecule has 4 heteroatoms. The molecule has 0 radical (unpaired) electrons. The van der Waals surface area contributed by atoms with Crippen molar-refractivity contribution in [2.75, 3.05) is 5.32 Å². The van der Waals surface area contributed by atoms with Gasteiger partial charge in [-0.1, -0.05) is 40.7 Å². The molecule has 1 atom stereocenters. The van der Waals surface area contributed by atoms with Crippen LogP contribution >= 0.6 is 0 Å². The molecule has 0 fully saturated rings. The van der Waals surface area contributed by atoms with Gasteiger partial charge in [0, 0.05) is 17.2 Å². The van der Waals surface area contributed by atoms with Crippen LogP contribution in [0.3, 0.4) is 0 Å². The fourth-order valence-electron chi connectivity index (χ4n) is 1.42. The number of hydrogen-bond acceptors (Lipinski definition) is 3. The van der Waals surface area contributed by atoms with Gasteiger partial charge >= 0.3 is 0 Å². The Hall–Kier alpha value is -1.42. The second kappa shape index (κ2) is 5.48. The van der Waals surface area contributed by atoms with Crippen LogP contribution in [0.4, 0.5) is 5.82 Å². The van der Waals surface area contributed by atoms with Crippen molar-refractivity contribution in [3.63, 3.8) is 0 Å². The zero-order chi connectivity index (χ0) is 13.9. The summed E-state index contributed by atoms with van der Waals surface area (Å²) in [4.78, 5) is 16.1. The van der Waals surface area contributed by atoms with Crippen molar-refractivity contribution in [1.82, 2.24) is 4.98 Å². The van der Waals surface area contributed by atoms with Gasteiger partial charge < -0.3 is 10.4 Å². The normalized spacial score (nSPS) is 13.5. The summed E-state index contributed by atoms with van der Waals surface area (Å²) in [7, 11) is 0. The van der Waals surface area contributed by atoms with Gasteiger partial charge in [0.2, 0.25) is 5.91 Å². The van der Waals surface area contributed by atoms with Crippen molar-refractivity contribution in [3.8, 4) is 0 Å². The summed E-state index contributed by atoms with van der Waals surface area (Å²) in [6.07, 6.45) is 0.975. The number of aliphatic hydroxyl groups excluding tert-OH is 1. The molecule has 0 bridgehead atoms. The number of anilines is 1. The minimum absolute atomic E-state index is 0.0690. The number of aromatic nitrogens is 1. The van der Waals surface area contributed by atoms with Crippen LogP contribution < -0.4 is 5.32 Å². The highest BCUT2D eigenvalue weighted by atomic mass is 16.3. The van der Waals surface area contributed by atoms with E-state index in [1.54, 1.807) is 18.3 Å². The quantitative estimate of drug-likeness (QED) is 0.867. The lowest BCUT2D eigenvalue weighted by Crippen LogP contribution is -2.29. The lowest BCUT2D eigenvalue weighted by atomic mass is 9.95. The first-order valence-corrected chi connectivity index (χ1v) is 6.18. The van der Waals surface area contributed by atoms with Crippen LogP contribution in [0.1, 0.15) is 46.3 Å². The number of hydrogen-bond donors (Lipinski definition) is 2. The molecule has 0 saturated heterocycles. The molecule has 100 valence electrons. The van der Waals surface area contributed by atoms with Crippen molar-refractivity contribution < 1.29 is 9.90 Å². The predicted octanol–water partition coefficient (Wildman–Crippen LogP) is 2.76. The van der Waals surface area contributed by atoms with E-state index in [0.717, 1.165) is 0 Å². The van der Waals surface area contributed by atoms with Crippen LogP contribution in [-0.2, 0) is 4.79 Å². The number of aliphatic hydroxyl groups is 1. The maximum atomic E-state index is 11.9. The molecular formula is C14H22N2O2. The number of pyridine rings is 1. The molecule has 2 N–H and O–H groups in total. The summed E-state index contributed by atoms with van der Waals surface area (Å²) in [6, 6.07) is 3.55. The highest BCUT2D eigenvalue weighted by Crippen LogP contribution is 2.27. The summed E-state index contributed by atoms with van der Waals surface area (Å²) in [5, 5.41) is 12.9. The van der Waals surface area contributed by atoms with E-state index in [0.29, 0.717) is 11.4 Å². The van der Waals surface area contributed by atoms with E-state index < -0.39 is 11.5 Å². The Balaban J connectivity index is 3.00. The summed E-state index contributed by atoms with van der Waals surface area (Å²) in [5.74, 6) is 0.400. The Labute approximate surface area is 108 Å². The third-order valence-electron chi connectivity index (χ3n) is 2.70. The number of rotatable bonds is 3. The smallest absolute Gasteiger partial charge is 0.230 e. The third-order valence-corrected chi connectivity index (χ3v) is 2.70. The van der Waals surface area contributed by atoms with Crippen LogP contribution in [0.15, 0.2) is 18.3 Å². The van der Waals surface area contributed by atoms with E-state index >= 15 is 0 Å². The Morgan fingerprint density at radius 3 is 2.50 bits per heavy atom. The number of carbonyl (C=O) groups is 1. The molecular weight excluding hydrogens is 228 g/mol. The van der Waals surface area contributed by atoms with Gasteiger partial charge in [0.05, 0.1) is 6.10 Å². The van der Waals surface area contributed by atoms with E-state index in [1.165, 1.54) is 0 Å². The number of carbonyl (C=O) groups excluding carboxylic acids is 1. The van der Waals surface area contributed by atoms with E-state index in [9.17, 15) is 9.90 Å². The van der Waals surface area contributed by atoms with Crippen molar-refractivity contribution in [1.29, 1.82) is 0 Å². The molecule has 1 rings (SSSR count). The number of nitrogens with zero attached hydrogens (tertiary/aromatic N) is 1. The standard InChI is InChI=1S/C14H22N2O2/c1-9(2)11(17)10-7-6-8-15-12(10)16-13(18)14(3,4)5/h6-9,11,17H,1-5H3,(H,15,16,18)/t11-/m1/s1. The van der Waals surface area contributed by atoms with Gasteiger partial charge in [0.15, 0.2) is 0 Å². The minimum Gasteiger partial charge on any atom is -0.388 e. The summed E-state index contributed by atoms with van der Waals surface area (Å²) >= 11 is 0. The number of amides is 1. The second-order valence-corrected chi connectivity index (χ2v) is 5.83.